The number of benzene rings is 2. The molecule has 0 amide bonds. The lowest BCUT2D eigenvalue weighted by Crippen LogP contribution is -2.06. The molecule has 0 bridgehead atoms. The van der Waals surface area contributed by atoms with E-state index in [1.54, 1.807) is 0 Å². The number of halogens is 3. The van der Waals surface area contributed by atoms with Crippen LogP contribution in [0.2, 0.25) is 0 Å². The fraction of sp³-hybridized carbons (Fsp3) is 0.0714. The summed E-state index contributed by atoms with van der Waals surface area (Å²) in [4.78, 5) is 12.2. The highest BCUT2D eigenvalue weighted by Gasteiger charge is 2.19. The average Bonchev–Trinajstić information content (AvgIpc) is 2.38. The van der Waals surface area contributed by atoms with Crippen LogP contribution in [0.25, 0.3) is 0 Å². The maximum atomic E-state index is 14.0. The molecule has 2 nitrogen and oxygen atoms in total. The van der Waals surface area contributed by atoms with Gasteiger partial charge in [0.15, 0.2) is 17.3 Å². The lowest BCUT2D eigenvalue weighted by Gasteiger charge is -2.08. The molecule has 0 aliphatic rings. The highest BCUT2D eigenvalue weighted by molar-refractivity contribution is 9.10. The Labute approximate surface area is 117 Å². The summed E-state index contributed by atoms with van der Waals surface area (Å²) >= 11 is 3.09. The number of carbonyl (C=O) groups is 1. The van der Waals surface area contributed by atoms with Crippen LogP contribution in [0.5, 0.6) is 5.75 Å². The summed E-state index contributed by atoms with van der Waals surface area (Å²) in [6, 6.07) is 7.91. The van der Waals surface area contributed by atoms with E-state index in [4.69, 9.17) is 4.74 Å². The molecular formula is C14H9BrF2O2. The number of hydrogen-bond acceptors (Lipinski definition) is 2. The van der Waals surface area contributed by atoms with Crippen LogP contribution in [0.15, 0.2) is 40.9 Å². The molecule has 2 aromatic rings. The Morgan fingerprint density at radius 2 is 1.89 bits per heavy atom. The smallest absolute Gasteiger partial charge is 0.197 e. The van der Waals surface area contributed by atoms with E-state index in [1.165, 1.54) is 31.4 Å². The van der Waals surface area contributed by atoms with Crippen LogP contribution in [0, 0.1) is 11.6 Å². The van der Waals surface area contributed by atoms with Crippen molar-refractivity contribution in [2.24, 2.45) is 0 Å². The standard InChI is InChI=1S/C14H9BrF2O2/c1-19-12-4-2-3-10(13(12)17)14(18)9-6-5-8(16)7-11(9)15/h2-7H,1H3. The van der Waals surface area contributed by atoms with E-state index in [9.17, 15) is 13.6 Å². The van der Waals surface area contributed by atoms with E-state index in [0.29, 0.717) is 0 Å². The topological polar surface area (TPSA) is 26.3 Å². The van der Waals surface area contributed by atoms with E-state index < -0.39 is 17.4 Å². The van der Waals surface area contributed by atoms with E-state index >= 15 is 0 Å². The fourth-order valence-electron chi connectivity index (χ4n) is 1.66. The Morgan fingerprint density at radius 3 is 2.53 bits per heavy atom. The number of ketones is 1. The van der Waals surface area contributed by atoms with Gasteiger partial charge in [0.1, 0.15) is 5.82 Å². The van der Waals surface area contributed by atoms with Crippen LogP contribution in [-0.4, -0.2) is 12.9 Å². The molecule has 2 rings (SSSR count). The molecule has 0 atom stereocenters. The lowest BCUT2D eigenvalue weighted by atomic mass is 10.0. The fourth-order valence-corrected chi connectivity index (χ4v) is 2.19. The quantitative estimate of drug-likeness (QED) is 0.798. The van der Waals surface area contributed by atoms with Gasteiger partial charge in [0.2, 0.25) is 0 Å². The van der Waals surface area contributed by atoms with Gasteiger partial charge in [-0.2, -0.15) is 0 Å². The van der Waals surface area contributed by atoms with E-state index in [-0.39, 0.29) is 21.3 Å². The number of methoxy groups -OCH3 is 1. The first kappa shape index (κ1) is 13.7. The molecule has 0 saturated carbocycles. The van der Waals surface area contributed by atoms with Crippen LogP contribution < -0.4 is 4.74 Å². The third kappa shape index (κ3) is 2.66. The highest BCUT2D eigenvalue weighted by Crippen LogP contribution is 2.26. The van der Waals surface area contributed by atoms with Gasteiger partial charge >= 0.3 is 0 Å². The predicted octanol–water partition coefficient (Wildman–Crippen LogP) is 3.97. The maximum absolute atomic E-state index is 14.0. The lowest BCUT2D eigenvalue weighted by molar-refractivity contribution is 0.103. The predicted molar refractivity (Wildman–Crippen MR) is 70.5 cm³/mol. The second-order valence-corrected chi connectivity index (χ2v) is 4.63. The van der Waals surface area contributed by atoms with Crippen LogP contribution >= 0.6 is 15.9 Å². The van der Waals surface area contributed by atoms with Gasteiger partial charge in [-0.25, -0.2) is 8.78 Å². The largest absolute Gasteiger partial charge is 0.494 e. The van der Waals surface area contributed by atoms with Gasteiger partial charge in [-0.05, 0) is 46.3 Å². The monoisotopic (exact) mass is 326 g/mol. The first-order valence-corrected chi connectivity index (χ1v) is 6.16. The molecule has 0 aliphatic carbocycles. The summed E-state index contributed by atoms with van der Waals surface area (Å²) < 4.78 is 32.1. The molecule has 0 fully saturated rings. The number of rotatable bonds is 3. The first-order chi connectivity index (χ1) is 9.04. The zero-order chi connectivity index (χ0) is 14.0. The van der Waals surface area contributed by atoms with Crippen molar-refractivity contribution in [3.8, 4) is 5.75 Å². The molecule has 0 aromatic heterocycles. The van der Waals surface area contributed by atoms with Gasteiger partial charge in [0.25, 0.3) is 0 Å². The summed E-state index contributed by atoms with van der Waals surface area (Å²) in [5.74, 6) is -1.76. The molecule has 0 N–H and O–H groups in total. The van der Waals surface area contributed by atoms with Gasteiger partial charge in [0.05, 0.1) is 12.7 Å². The molecule has 5 heteroatoms. The van der Waals surface area contributed by atoms with Gasteiger partial charge in [-0.3, -0.25) is 4.79 Å². The van der Waals surface area contributed by atoms with Crippen molar-refractivity contribution >= 4 is 21.7 Å². The summed E-state index contributed by atoms with van der Waals surface area (Å²) in [5.41, 5.74) is 0.0696. The summed E-state index contributed by atoms with van der Waals surface area (Å²) in [6.45, 7) is 0. The molecule has 19 heavy (non-hydrogen) atoms. The molecule has 0 spiro atoms. The number of ether oxygens (including phenoxy) is 1. The van der Waals surface area contributed by atoms with Crippen LogP contribution in [0.1, 0.15) is 15.9 Å². The summed E-state index contributed by atoms with van der Waals surface area (Å²) in [6.07, 6.45) is 0. The van der Waals surface area contributed by atoms with E-state index in [0.717, 1.165) is 12.1 Å². The van der Waals surface area contributed by atoms with Crippen LogP contribution in [-0.2, 0) is 0 Å². The zero-order valence-electron chi connectivity index (χ0n) is 9.91. The third-order valence-corrected chi connectivity index (χ3v) is 3.26. The molecule has 0 unspecified atom stereocenters. The molecule has 98 valence electrons. The van der Waals surface area contributed by atoms with Crippen molar-refractivity contribution in [3.05, 3.63) is 63.6 Å². The van der Waals surface area contributed by atoms with Crippen molar-refractivity contribution in [2.45, 2.75) is 0 Å². The second kappa shape index (κ2) is 5.48. The maximum Gasteiger partial charge on any atom is 0.197 e. The van der Waals surface area contributed by atoms with Crippen molar-refractivity contribution in [1.29, 1.82) is 0 Å². The molecule has 0 saturated heterocycles. The van der Waals surface area contributed by atoms with Gasteiger partial charge in [-0.15, -0.1) is 0 Å². The second-order valence-electron chi connectivity index (χ2n) is 3.78. The molecule has 0 heterocycles. The Hall–Kier alpha value is -1.75. The average molecular weight is 327 g/mol. The minimum Gasteiger partial charge on any atom is -0.494 e. The van der Waals surface area contributed by atoms with Crippen molar-refractivity contribution in [3.63, 3.8) is 0 Å². The van der Waals surface area contributed by atoms with Crippen molar-refractivity contribution in [2.75, 3.05) is 7.11 Å². The Morgan fingerprint density at radius 1 is 1.16 bits per heavy atom. The molecule has 0 aliphatic heterocycles. The minimum atomic E-state index is -0.730. The van der Waals surface area contributed by atoms with Gasteiger partial charge in [-0.1, -0.05) is 6.07 Å². The van der Waals surface area contributed by atoms with Crippen molar-refractivity contribution < 1.29 is 18.3 Å². The minimum absolute atomic E-state index is 0.0101. The summed E-state index contributed by atoms with van der Waals surface area (Å²) in [5, 5.41) is 0. The Balaban J connectivity index is 2.50. The normalized spacial score (nSPS) is 10.3. The third-order valence-electron chi connectivity index (χ3n) is 2.60. The zero-order valence-corrected chi connectivity index (χ0v) is 11.5. The van der Waals surface area contributed by atoms with E-state index in [2.05, 4.69) is 15.9 Å². The number of hydrogen-bond donors (Lipinski definition) is 0. The first-order valence-electron chi connectivity index (χ1n) is 5.37. The Kier molecular flexibility index (Phi) is 3.95. The van der Waals surface area contributed by atoms with Gasteiger partial charge < -0.3 is 4.74 Å². The number of carbonyl (C=O) groups excluding carboxylic acids is 1. The van der Waals surface area contributed by atoms with Gasteiger partial charge in [0, 0.05) is 10.0 Å². The highest BCUT2D eigenvalue weighted by atomic mass is 79.9. The molecular weight excluding hydrogens is 318 g/mol. The van der Waals surface area contributed by atoms with Crippen LogP contribution in [0.4, 0.5) is 8.78 Å². The summed E-state index contributed by atoms with van der Waals surface area (Å²) in [7, 11) is 1.32. The molecule has 0 radical (unpaired) electrons. The molecule has 2 aromatic carbocycles. The van der Waals surface area contributed by atoms with Crippen molar-refractivity contribution in [1.82, 2.24) is 0 Å². The Bertz CT molecular complexity index is 641. The van der Waals surface area contributed by atoms with Crippen LogP contribution in [0.3, 0.4) is 0 Å². The SMILES string of the molecule is COc1cccc(C(=O)c2ccc(F)cc2Br)c1F. The van der Waals surface area contributed by atoms with E-state index in [1.807, 2.05) is 0 Å².